The molecule has 0 aromatic heterocycles. The second-order valence-corrected chi connectivity index (χ2v) is 8.70. The van der Waals surface area contributed by atoms with Crippen LogP contribution in [-0.2, 0) is 25.7 Å². The number of ether oxygens (including phenoxy) is 2. The van der Waals surface area contributed by atoms with Crippen LogP contribution in [-0.4, -0.2) is 30.8 Å². The van der Waals surface area contributed by atoms with Crippen molar-refractivity contribution < 1.29 is 19.1 Å². The summed E-state index contributed by atoms with van der Waals surface area (Å²) in [6.07, 6.45) is 1.66. The molecule has 1 aliphatic carbocycles. The Balaban J connectivity index is 1.59. The van der Waals surface area contributed by atoms with E-state index in [1.807, 2.05) is 91.0 Å². The Morgan fingerprint density at radius 1 is 0.882 bits per heavy atom. The Morgan fingerprint density at radius 3 is 2.00 bits per heavy atom. The molecule has 0 radical (unpaired) electrons. The SMILES string of the molecule is COC(=O)C[C@]1(C(=O)OCc2ccccc2)CC[C@@H](N=C(c2ccccc2)c2ccccc2)C1. The van der Waals surface area contributed by atoms with E-state index in [1.165, 1.54) is 7.11 Å². The molecule has 4 rings (SSSR count). The Hall–Kier alpha value is -3.73. The van der Waals surface area contributed by atoms with Crippen LogP contribution in [0.25, 0.3) is 0 Å². The summed E-state index contributed by atoms with van der Waals surface area (Å²) in [6.45, 7) is 0.176. The lowest BCUT2D eigenvalue weighted by molar-refractivity contribution is -0.162. The van der Waals surface area contributed by atoms with Crippen molar-refractivity contribution in [3.05, 3.63) is 108 Å². The fourth-order valence-electron chi connectivity index (χ4n) is 4.54. The molecule has 1 saturated carbocycles. The maximum atomic E-state index is 13.3. The number of nitrogens with zero attached hydrogens (tertiary/aromatic N) is 1. The second-order valence-electron chi connectivity index (χ2n) is 8.70. The zero-order valence-corrected chi connectivity index (χ0v) is 19.4. The number of hydrogen-bond acceptors (Lipinski definition) is 5. The van der Waals surface area contributed by atoms with E-state index >= 15 is 0 Å². The minimum absolute atomic E-state index is 0.00481. The summed E-state index contributed by atoms with van der Waals surface area (Å²) in [7, 11) is 1.35. The number of carbonyl (C=O) groups is 2. The number of esters is 2. The zero-order chi connectivity index (χ0) is 23.8. The van der Waals surface area contributed by atoms with E-state index in [1.54, 1.807) is 0 Å². The van der Waals surface area contributed by atoms with Gasteiger partial charge in [-0.25, -0.2) is 0 Å². The summed E-state index contributed by atoms with van der Waals surface area (Å²) in [5, 5.41) is 0. The van der Waals surface area contributed by atoms with Gasteiger partial charge in [-0.3, -0.25) is 14.6 Å². The van der Waals surface area contributed by atoms with Gasteiger partial charge in [0.05, 0.1) is 30.7 Å². The molecule has 1 fully saturated rings. The molecule has 3 aromatic rings. The van der Waals surface area contributed by atoms with Gasteiger partial charge in [0, 0.05) is 11.1 Å². The molecular formula is C29H29NO4. The predicted octanol–water partition coefficient (Wildman–Crippen LogP) is 5.37. The topological polar surface area (TPSA) is 65.0 Å². The summed E-state index contributed by atoms with van der Waals surface area (Å²) in [6, 6.07) is 29.5. The molecule has 1 aliphatic rings. The van der Waals surface area contributed by atoms with Crippen molar-refractivity contribution in [3.63, 3.8) is 0 Å². The van der Waals surface area contributed by atoms with Crippen LogP contribution in [0.5, 0.6) is 0 Å². The molecule has 34 heavy (non-hydrogen) atoms. The van der Waals surface area contributed by atoms with Crippen molar-refractivity contribution in [2.45, 2.75) is 38.3 Å². The predicted molar refractivity (Wildman–Crippen MR) is 131 cm³/mol. The average Bonchev–Trinajstić information content (AvgIpc) is 3.31. The molecule has 0 bridgehead atoms. The van der Waals surface area contributed by atoms with Gasteiger partial charge in [0.25, 0.3) is 0 Å². The highest BCUT2D eigenvalue weighted by atomic mass is 16.5. The fraction of sp³-hybridized carbons (Fsp3) is 0.276. The minimum Gasteiger partial charge on any atom is -0.469 e. The number of methoxy groups -OCH3 is 1. The van der Waals surface area contributed by atoms with E-state index in [0.29, 0.717) is 19.3 Å². The molecule has 5 heteroatoms. The third kappa shape index (κ3) is 5.60. The Bertz CT molecular complexity index is 1090. The maximum Gasteiger partial charge on any atom is 0.313 e. The van der Waals surface area contributed by atoms with Gasteiger partial charge in [0.2, 0.25) is 0 Å². The molecule has 0 saturated heterocycles. The normalized spacial score (nSPS) is 19.3. The standard InChI is InChI=1S/C29H29NO4/c1-33-26(31)20-29(28(32)34-21-22-11-5-2-6-12-22)18-17-25(19-29)30-27(23-13-7-3-8-14-23)24-15-9-4-10-16-24/h2-16,25H,17-21H2,1H3/t25-,29+/m1/s1. The lowest BCUT2D eigenvalue weighted by Gasteiger charge is -2.25. The summed E-state index contributed by atoms with van der Waals surface area (Å²) >= 11 is 0. The van der Waals surface area contributed by atoms with Gasteiger partial charge >= 0.3 is 11.9 Å². The molecule has 5 nitrogen and oxygen atoms in total. The smallest absolute Gasteiger partial charge is 0.313 e. The largest absolute Gasteiger partial charge is 0.469 e. The van der Waals surface area contributed by atoms with Crippen LogP contribution in [0, 0.1) is 5.41 Å². The molecule has 0 heterocycles. The summed E-state index contributed by atoms with van der Waals surface area (Å²) in [4.78, 5) is 30.6. The highest BCUT2D eigenvalue weighted by Crippen LogP contribution is 2.44. The van der Waals surface area contributed by atoms with Crippen molar-refractivity contribution in [2.24, 2.45) is 10.4 Å². The van der Waals surface area contributed by atoms with E-state index in [0.717, 1.165) is 22.4 Å². The maximum absolute atomic E-state index is 13.3. The van der Waals surface area contributed by atoms with Gasteiger partial charge in [0.1, 0.15) is 6.61 Å². The highest BCUT2D eigenvalue weighted by Gasteiger charge is 2.48. The van der Waals surface area contributed by atoms with Gasteiger partial charge in [-0.1, -0.05) is 91.0 Å². The minimum atomic E-state index is -0.936. The second kappa shape index (κ2) is 10.9. The molecule has 0 aliphatic heterocycles. The van der Waals surface area contributed by atoms with Crippen LogP contribution in [0.3, 0.4) is 0 Å². The third-order valence-corrected chi connectivity index (χ3v) is 6.34. The zero-order valence-electron chi connectivity index (χ0n) is 19.4. The molecule has 174 valence electrons. The van der Waals surface area contributed by atoms with Gasteiger partial charge in [-0.15, -0.1) is 0 Å². The van der Waals surface area contributed by atoms with Crippen LogP contribution in [0.1, 0.15) is 42.4 Å². The van der Waals surface area contributed by atoms with Gasteiger partial charge in [-0.05, 0) is 24.8 Å². The summed E-state index contributed by atoms with van der Waals surface area (Å²) in [5.41, 5.74) is 2.90. The van der Waals surface area contributed by atoms with E-state index in [2.05, 4.69) is 0 Å². The van der Waals surface area contributed by atoms with Gasteiger partial charge in [-0.2, -0.15) is 0 Å². The van der Waals surface area contributed by atoms with Gasteiger partial charge in [0.15, 0.2) is 0 Å². The van der Waals surface area contributed by atoms with Crippen LogP contribution in [0.4, 0.5) is 0 Å². The summed E-state index contributed by atoms with van der Waals surface area (Å²) < 4.78 is 10.6. The first-order valence-corrected chi connectivity index (χ1v) is 11.6. The molecule has 0 unspecified atom stereocenters. The van der Waals surface area contributed by atoms with E-state index in [4.69, 9.17) is 14.5 Å². The monoisotopic (exact) mass is 455 g/mol. The molecule has 0 amide bonds. The molecular weight excluding hydrogens is 426 g/mol. The third-order valence-electron chi connectivity index (χ3n) is 6.34. The Labute approximate surface area is 200 Å². The van der Waals surface area contributed by atoms with Crippen molar-refractivity contribution in [1.29, 1.82) is 0 Å². The average molecular weight is 456 g/mol. The molecule has 2 atom stereocenters. The van der Waals surface area contributed by atoms with Crippen LogP contribution < -0.4 is 0 Å². The van der Waals surface area contributed by atoms with Gasteiger partial charge < -0.3 is 9.47 Å². The lowest BCUT2D eigenvalue weighted by atomic mass is 9.82. The number of hydrogen-bond donors (Lipinski definition) is 0. The quantitative estimate of drug-likeness (QED) is 0.338. The number of rotatable bonds is 8. The van der Waals surface area contributed by atoms with Crippen LogP contribution >= 0.6 is 0 Å². The fourth-order valence-corrected chi connectivity index (χ4v) is 4.54. The van der Waals surface area contributed by atoms with Crippen molar-refractivity contribution in [1.82, 2.24) is 0 Å². The van der Waals surface area contributed by atoms with Crippen LogP contribution in [0.2, 0.25) is 0 Å². The van der Waals surface area contributed by atoms with E-state index < -0.39 is 11.4 Å². The molecule has 3 aromatic carbocycles. The summed E-state index contributed by atoms with van der Waals surface area (Å²) in [5.74, 6) is -0.770. The number of benzene rings is 3. The Morgan fingerprint density at radius 2 is 1.44 bits per heavy atom. The first kappa shape index (κ1) is 23.4. The number of aliphatic imine (C=N–C) groups is 1. The van der Waals surface area contributed by atoms with E-state index in [9.17, 15) is 9.59 Å². The molecule has 0 spiro atoms. The highest BCUT2D eigenvalue weighted by molar-refractivity contribution is 6.13. The van der Waals surface area contributed by atoms with Crippen molar-refractivity contribution in [3.8, 4) is 0 Å². The van der Waals surface area contributed by atoms with Crippen LogP contribution in [0.15, 0.2) is 96.0 Å². The first-order chi connectivity index (χ1) is 16.6. The number of carbonyl (C=O) groups excluding carboxylic acids is 2. The Kier molecular flexibility index (Phi) is 7.53. The van der Waals surface area contributed by atoms with Crippen molar-refractivity contribution in [2.75, 3.05) is 7.11 Å². The lowest BCUT2D eigenvalue weighted by Crippen LogP contribution is -2.34. The molecule has 0 N–H and O–H groups in total. The first-order valence-electron chi connectivity index (χ1n) is 11.6. The van der Waals surface area contributed by atoms with Crippen molar-refractivity contribution >= 4 is 17.7 Å². The van der Waals surface area contributed by atoms with E-state index in [-0.39, 0.29) is 25.0 Å².